The molecule has 1 N–H and O–H groups in total. The molecule has 1 aromatic carbocycles. The molecule has 1 heteroatoms. The Bertz CT molecular complexity index is 298. The number of benzene rings is 1. The molecule has 0 spiro atoms. The molecule has 0 heterocycles. The Morgan fingerprint density at radius 1 is 0.944 bits per heavy atom. The highest BCUT2D eigenvalue weighted by Gasteiger charge is 2.02. The summed E-state index contributed by atoms with van der Waals surface area (Å²) >= 11 is 0. The van der Waals surface area contributed by atoms with Gasteiger partial charge in [-0.05, 0) is 36.5 Å². The first-order valence-electron chi connectivity index (χ1n) is 7.62. The third kappa shape index (κ3) is 5.57. The summed E-state index contributed by atoms with van der Waals surface area (Å²) in [5.41, 5.74) is 2.73. The maximum Gasteiger partial charge on any atom is 0.0340 e. The first kappa shape index (κ1) is 15.1. The Labute approximate surface area is 113 Å². The van der Waals surface area contributed by atoms with E-state index in [9.17, 15) is 0 Å². The highest BCUT2D eigenvalue weighted by Crippen LogP contribution is 2.14. The van der Waals surface area contributed by atoms with E-state index in [4.69, 9.17) is 0 Å². The van der Waals surface area contributed by atoms with Crippen molar-refractivity contribution in [2.24, 2.45) is 5.92 Å². The molecule has 102 valence electrons. The number of unbranched alkanes of at least 4 members (excludes halogenated alkanes) is 2. The molecular weight excluding hydrogens is 218 g/mol. The first-order chi connectivity index (χ1) is 8.80. The fourth-order valence-corrected chi connectivity index (χ4v) is 2.21. The van der Waals surface area contributed by atoms with Gasteiger partial charge >= 0.3 is 0 Å². The average Bonchev–Trinajstić information content (AvgIpc) is 2.42. The van der Waals surface area contributed by atoms with Gasteiger partial charge in [-0.2, -0.15) is 0 Å². The number of hydrogen-bond donors (Lipinski definition) is 1. The minimum atomic E-state index is 0.800. The van der Waals surface area contributed by atoms with Crippen molar-refractivity contribution in [3.05, 3.63) is 29.8 Å². The van der Waals surface area contributed by atoms with Crippen molar-refractivity contribution in [2.45, 2.75) is 59.3 Å². The van der Waals surface area contributed by atoms with Crippen LogP contribution in [0.5, 0.6) is 0 Å². The number of anilines is 1. The smallest absolute Gasteiger partial charge is 0.0340 e. The van der Waals surface area contributed by atoms with Gasteiger partial charge in [0.05, 0.1) is 0 Å². The minimum Gasteiger partial charge on any atom is -0.385 e. The Morgan fingerprint density at radius 3 is 2.17 bits per heavy atom. The largest absolute Gasteiger partial charge is 0.385 e. The maximum absolute atomic E-state index is 3.54. The maximum atomic E-state index is 3.54. The standard InChI is InChI=1S/C17H29N/c1-4-7-8-9-16-10-12-17(13-11-16)18-14-15(5-2)6-3/h10-13,15,18H,4-9,14H2,1-3H3. The van der Waals surface area contributed by atoms with E-state index in [-0.39, 0.29) is 0 Å². The van der Waals surface area contributed by atoms with Crippen LogP contribution in [0.15, 0.2) is 24.3 Å². The van der Waals surface area contributed by atoms with E-state index >= 15 is 0 Å². The second-order valence-corrected chi connectivity index (χ2v) is 5.22. The number of aryl methyl sites for hydroxylation is 1. The number of hydrogen-bond acceptors (Lipinski definition) is 1. The molecule has 1 rings (SSSR count). The molecule has 0 radical (unpaired) electrons. The van der Waals surface area contributed by atoms with Crippen molar-refractivity contribution in [3.8, 4) is 0 Å². The molecular formula is C17H29N. The lowest BCUT2D eigenvalue weighted by Gasteiger charge is -2.14. The third-order valence-electron chi connectivity index (χ3n) is 3.77. The topological polar surface area (TPSA) is 12.0 Å². The number of nitrogens with one attached hydrogen (secondary N) is 1. The van der Waals surface area contributed by atoms with Gasteiger partial charge in [0.15, 0.2) is 0 Å². The summed E-state index contributed by atoms with van der Waals surface area (Å²) in [6.07, 6.45) is 7.71. The Balaban J connectivity index is 2.35. The van der Waals surface area contributed by atoms with E-state index in [1.54, 1.807) is 0 Å². The fourth-order valence-electron chi connectivity index (χ4n) is 2.21. The van der Waals surface area contributed by atoms with E-state index in [0.717, 1.165) is 12.5 Å². The zero-order chi connectivity index (χ0) is 13.2. The van der Waals surface area contributed by atoms with Gasteiger partial charge in [0.2, 0.25) is 0 Å². The van der Waals surface area contributed by atoms with Gasteiger partial charge in [0, 0.05) is 12.2 Å². The summed E-state index contributed by atoms with van der Waals surface area (Å²) in [4.78, 5) is 0. The molecule has 0 aliphatic heterocycles. The summed E-state index contributed by atoms with van der Waals surface area (Å²) in [6, 6.07) is 8.99. The van der Waals surface area contributed by atoms with Gasteiger partial charge < -0.3 is 5.32 Å². The molecule has 0 fully saturated rings. The molecule has 0 atom stereocenters. The van der Waals surface area contributed by atoms with Gasteiger partial charge in [0.1, 0.15) is 0 Å². The van der Waals surface area contributed by atoms with Crippen LogP contribution in [0, 0.1) is 5.92 Å². The molecule has 1 aromatic rings. The van der Waals surface area contributed by atoms with E-state index < -0.39 is 0 Å². The summed E-state index contributed by atoms with van der Waals surface area (Å²) < 4.78 is 0. The van der Waals surface area contributed by atoms with Crippen molar-refractivity contribution in [3.63, 3.8) is 0 Å². The quantitative estimate of drug-likeness (QED) is 0.586. The van der Waals surface area contributed by atoms with Gasteiger partial charge in [-0.25, -0.2) is 0 Å². The lowest BCUT2D eigenvalue weighted by molar-refractivity contribution is 0.519. The van der Waals surface area contributed by atoms with E-state index in [1.807, 2.05) is 0 Å². The van der Waals surface area contributed by atoms with Crippen molar-refractivity contribution >= 4 is 5.69 Å². The van der Waals surface area contributed by atoms with Crippen LogP contribution in [0.25, 0.3) is 0 Å². The van der Waals surface area contributed by atoms with Crippen molar-refractivity contribution in [1.29, 1.82) is 0 Å². The fraction of sp³-hybridized carbons (Fsp3) is 0.647. The SMILES string of the molecule is CCCCCc1ccc(NCC(CC)CC)cc1. The summed E-state index contributed by atoms with van der Waals surface area (Å²) in [5.74, 6) is 0.800. The van der Waals surface area contributed by atoms with Crippen LogP contribution in [0.1, 0.15) is 58.4 Å². The molecule has 1 nitrogen and oxygen atoms in total. The monoisotopic (exact) mass is 247 g/mol. The highest BCUT2D eigenvalue weighted by molar-refractivity contribution is 5.44. The number of rotatable bonds is 9. The highest BCUT2D eigenvalue weighted by atomic mass is 14.9. The van der Waals surface area contributed by atoms with Crippen LogP contribution in [-0.4, -0.2) is 6.54 Å². The molecule has 18 heavy (non-hydrogen) atoms. The first-order valence-corrected chi connectivity index (χ1v) is 7.62. The van der Waals surface area contributed by atoms with E-state index in [0.29, 0.717) is 0 Å². The molecule has 0 bridgehead atoms. The molecule has 0 unspecified atom stereocenters. The zero-order valence-electron chi connectivity index (χ0n) is 12.3. The average molecular weight is 247 g/mol. The third-order valence-corrected chi connectivity index (χ3v) is 3.77. The zero-order valence-corrected chi connectivity index (χ0v) is 12.3. The second-order valence-electron chi connectivity index (χ2n) is 5.22. The van der Waals surface area contributed by atoms with Gasteiger partial charge in [-0.3, -0.25) is 0 Å². The van der Waals surface area contributed by atoms with Crippen molar-refractivity contribution in [2.75, 3.05) is 11.9 Å². The lowest BCUT2D eigenvalue weighted by atomic mass is 10.0. The van der Waals surface area contributed by atoms with E-state index in [2.05, 4.69) is 50.4 Å². The van der Waals surface area contributed by atoms with Crippen molar-refractivity contribution in [1.82, 2.24) is 0 Å². The summed E-state index contributed by atoms with van der Waals surface area (Å²) in [7, 11) is 0. The normalized spacial score (nSPS) is 10.9. The molecule has 0 amide bonds. The summed E-state index contributed by atoms with van der Waals surface area (Å²) in [6.45, 7) is 7.90. The predicted octanol–water partition coefficient (Wildman–Crippen LogP) is 5.27. The second kappa shape index (κ2) is 9.02. The van der Waals surface area contributed by atoms with Crippen molar-refractivity contribution < 1.29 is 0 Å². The van der Waals surface area contributed by atoms with Crippen LogP contribution in [0.4, 0.5) is 5.69 Å². The molecule has 0 aromatic heterocycles. The van der Waals surface area contributed by atoms with E-state index in [1.165, 1.54) is 49.8 Å². The molecule has 0 saturated carbocycles. The Hall–Kier alpha value is -0.980. The molecule has 0 aliphatic rings. The van der Waals surface area contributed by atoms with Crippen LogP contribution in [0.3, 0.4) is 0 Å². The summed E-state index contributed by atoms with van der Waals surface area (Å²) in [5, 5.41) is 3.54. The van der Waals surface area contributed by atoms with Crippen LogP contribution >= 0.6 is 0 Å². The van der Waals surface area contributed by atoms with Gasteiger partial charge in [0.25, 0.3) is 0 Å². The van der Waals surface area contributed by atoms with Crippen LogP contribution in [0.2, 0.25) is 0 Å². The van der Waals surface area contributed by atoms with Gasteiger partial charge in [-0.15, -0.1) is 0 Å². The van der Waals surface area contributed by atoms with Gasteiger partial charge in [-0.1, -0.05) is 58.6 Å². The minimum absolute atomic E-state index is 0.800. The lowest BCUT2D eigenvalue weighted by Crippen LogP contribution is -2.12. The Morgan fingerprint density at radius 2 is 1.61 bits per heavy atom. The Kier molecular flexibility index (Phi) is 7.55. The van der Waals surface area contributed by atoms with Crippen LogP contribution in [-0.2, 0) is 6.42 Å². The molecule has 0 aliphatic carbocycles. The molecule has 0 saturated heterocycles. The van der Waals surface area contributed by atoms with Crippen LogP contribution < -0.4 is 5.32 Å². The predicted molar refractivity (Wildman–Crippen MR) is 82.2 cm³/mol.